The molecule has 0 saturated heterocycles. The summed E-state index contributed by atoms with van der Waals surface area (Å²) < 4.78 is 0. The SMILES string of the molecule is CCC(C)NC(=O)c1cc(Nc2cc(C)ccc2C)nc(C)n1. The minimum absolute atomic E-state index is 0.119. The van der Waals surface area contributed by atoms with Crippen LogP contribution in [0, 0.1) is 20.8 Å². The highest BCUT2D eigenvalue weighted by Crippen LogP contribution is 2.21. The second-order valence-corrected chi connectivity index (χ2v) is 5.91. The van der Waals surface area contributed by atoms with Crippen LogP contribution >= 0.6 is 0 Å². The molecule has 0 bridgehead atoms. The average molecular weight is 312 g/mol. The van der Waals surface area contributed by atoms with Crippen molar-refractivity contribution in [2.45, 2.75) is 47.1 Å². The van der Waals surface area contributed by atoms with Crippen molar-refractivity contribution >= 4 is 17.4 Å². The molecule has 0 aliphatic rings. The van der Waals surface area contributed by atoms with Gasteiger partial charge in [0.05, 0.1) is 0 Å². The van der Waals surface area contributed by atoms with Gasteiger partial charge in [-0.05, 0) is 51.3 Å². The van der Waals surface area contributed by atoms with E-state index in [-0.39, 0.29) is 11.9 Å². The summed E-state index contributed by atoms with van der Waals surface area (Å²) in [5.41, 5.74) is 3.65. The highest BCUT2D eigenvalue weighted by Gasteiger charge is 2.13. The number of anilines is 2. The van der Waals surface area contributed by atoms with Crippen molar-refractivity contribution < 1.29 is 4.79 Å². The van der Waals surface area contributed by atoms with Gasteiger partial charge in [-0.1, -0.05) is 19.1 Å². The minimum atomic E-state index is -0.172. The Kier molecular flexibility index (Phi) is 5.32. The van der Waals surface area contributed by atoms with Crippen LogP contribution in [0.5, 0.6) is 0 Å². The van der Waals surface area contributed by atoms with Crippen LogP contribution in [-0.2, 0) is 0 Å². The molecule has 5 heteroatoms. The molecular weight excluding hydrogens is 288 g/mol. The molecule has 122 valence electrons. The zero-order chi connectivity index (χ0) is 17.0. The Bertz CT molecular complexity index is 712. The molecule has 5 nitrogen and oxygen atoms in total. The third-order valence-electron chi connectivity index (χ3n) is 3.72. The molecule has 0 spiro atoms. The molecule has 2 aromatic rings. The summed E-state index contributed by atoms with van der Waals surface area (Å²) in [6.45, 7) is 9.87. The number of nitrogens with one attached hydrogen (secondary N) is 2. The van der Waals surface area contributed by atoms with Gasteiger partial charge < -0.3 is 10.6 Å². The average Bonchev–Trinajstić information content (AvgIpc) is 2.50. The first-order valence-electron chi connectivity index (χ1n) is 7.90. The molecule has 1 amide bonds. The molecule has 2 N–H and O–H groups in total. The Morgan fingerprint density at radius 2 is 1.91 bits per heavy atom. The summed E-state index contributed by atoms with van der Waals surface area (Å²) in [7, 11) is 0. The van der Waals surface area contributed by atoms with Crippen molar-refractivity contribution in [2.75, 3.05) is 5.32 Å². The highest BCUT2D eigenvalue weighted by atomic mass is 16.1. The number of hydrogen-bond acceptors (Lipinski definition) is 4. The molecule has 0 saturated carbocycles. The van der Waals surface area contributed by atoms with E-state index in [1.54, 1.807) is 13.0 Å². The quantitative estimate of drug-likeness (QED) is 0.884. The Morgan fingerprint density at radius 1 is 1.17 bits per heavy atom. The summed E-state index contributed by atoms with van der Waals surface area (Å²) in [4.78, 5) is 20.9. The molecule has 0 aliphatic heterocycles. The Labute approximate surface area is 137 Å². The van der Waals surface area contributed by atoms with Gasteiger partial charge in [0.25, 0.3) is 5.91 Å². The van der Waals surface area contributed by atoms with Crippen LogP contribution in [0.15, 0.2) is 24.3 Å². The lowest BCUT2D eigenvalue weighted by molar-refractivity contribution is 0.0934. The van der Waals surface area contributed by atoms with E-state index in [4.69, 9.17) is 0 Å². The van der Waals surface area contributed by atoms with Crippen LogP contribution in [0.4, 0.5) is 11.5 Å². The smallest absolute Gasteiger partial charge is 0.270 e. The predicted molar refractivity (Wildman–Crippen MR) is 93.2 cm³/mol. The van der Waals surface area contributed by atoms with Gasteiger partial charge in [0.2, 0.25) is 0 Å². The molecule has 1 unspecified atom stereocenters. The van der Waals surface area contributed by atoms with Gasteiger partial charge in [0, 0.05) is 17.8 Å². The molecule has 0 aliphatic carbocycles. The van der Waals surface area contributed by atoms with Gasteiger partial charge in [-0.2, -0.15) is 0 Å². The lowest BCUT2D eigenvalue weighted by atomic mass is 10.1. The Hall–Kier alpha value is -2.43. The van der Waals surface area contributed by atoms with Crippen molar-refractivity contribution in [1.29, 1.82) is 0 Å². The number of aromatic nitrogens is 2. The van der Waals surface area contributed by atoms with Crippen LogP contribution < -0.4 is 10.6 Å². The standard InChI is InChI=1S/C18H24N4O/c1-6-13(4)19-18(23)16-10-17(21-14(5)20-16)22-15-9-11(2)7-8-12(15)3/h7-10,13H,6H2,1-5H3,(H,19,23)(H,20,21,22). The highest BCUT2D eigenvalue weighted by molar-refractivity contribution is 5.93. The molecule has 2 rings (SSSR count). The number of amides is 1. The molecule has 1 aromatic carbocycles. The molecular formula is C18H24N4O. The maximum Gasteiger partial charge on any atom is 0.270 e. The van der Waals surface area contributed by atoms with Gasteiger partial charge in [-0.25, -0.2) is 9.97 Å². The van der Waals surface area contributed by atoms with E-state index >= 15 is 0 Å². The summed E-state index contributed by atoms with van der Waals surface area (Å²) in [5, 5.41) is 6.21. The van der Waals surface area contributed by atoms with Gasteiger partial charge in [-0.3, -0.25) is 4.79 Å². The van der Waals surface area contributed by atoms with Crippen LogP contribution in [-0.4, -0.2) is 21.9 Å². The van der Waals surface area contributed by atoms with Crippen LogP contribution in [0.1, 0.15) is 47.7 Å². The molecule has 0 radical (unpaired) electrons. The number of hydrogen-bond donors (Lipinski definition) is 2. The topological polar surface area (TPSA) is 66.9 Å². The maximum atomic E-state index is 12.3. The lowest BCUT2D eigenvalue weighted by Gasteiger charge is -2.13. The first kappa shape index (κ1) is 16.9. The summed E-state index contributed by atoms with van der Waals surface area (Å²) >= 11 is 0. The van der Waals surface area contributed by atoms with Crippen LogP contribution in [0.3, 0.4) is 0 Å². The van der Waals surface area contributed by atoms with Gasteiger partial charge >= 0.3 is 0 Å². The second kappa shape index (κ2) is 7.22. The first-order chi connectivity index (χ1) is 10.9. The van der Waals surface area contributed by atoms with E-state index in [0.717, 1.165) is 17.7 Å². The third kappa shape index (κ3) is 4.52. The number of aryl methyl sites for hydroxylation is 3. The zero-order valence-corrected chi connectivity index (χ0v) is 14.4. The van der Waals surface area contributed by atoms with Gasteiger partial charge in [-0.15, -0.1) is 0 Å². The van der Waals surface area contributed by atoms with Crippen molar-refractivity contribution in [1.82, 2.24) is 15.3 Å². The lowest BCUT2D eigenvalue weighted by Crippen LogP contribution is -2.32. The predicted octanol–water partition coefficient (Wildman–Crippen LogP) is 3.67. The fourth-order valence-electron chi connectivity index (χ4n) is 2.16. The maximum absolute atomic E-state index is 12.3. The Balaban J connectivity index is 2.26. The van der Waals surface area contributed by atoms with Crippen molar-refractivity contribution in [3.05, 3.63) is 46.9 Å². The molecule has 23 heavy (non-hydrogen) atoms. The van der Waals surface area contributed by atoms with Gasteiger partial charge in [0.1, 0.15) is 17.3 Å². The van der Waals surface area contributed by atoms with E-state index in [0.29, 0.717) is 17.3 Å². The second-order valence-electron chi connectivity index (χ2n) is 5.91. The summed E-state index contributed by atoms with van der Waals surface area (Å²) in [5.74, 6) is 1.02. The fourth-order valence-corrected chi connectivity index (χ4v) is 2.16. The normalized spacial score (nSPS) is 11.9. The van der Waals surface area contributed by atoms with Crippen LogP contribution in [0.2, 0.25) is 0 Å². The van der Waals surface area contributed by atoms with Crippen LogP contribution in [0.25, 0.3) is 0 Å². The minimum Gasteiger partial charge on any atom is -0.348 e. The van der Waals surface area contributed by atoms with E-state index in [1.807, 2.05) is 27.7 Å². The first-order valence-corrected chi connectivity index (χ1v) is 7.90. The number of carbonyl (C=O) groups is 1. The van der Waals surface area contributed by atoms with E-state index in [9.17, 15) is 4.79 Å². The fraction of sp³-hybridized carbons (Fsp3) is 0.389. The largest absolute Gasteiger partial charge is 0.348 e. The third-order valence-corrected chi connectivity index (χ3v) is 3.72. The number of carbonyl (C=O) groups excluding carboxylic acids is 1. The zero-order valence-electron chi connectivity index (χ0n) is 14.4. The molecule has 1 aromatic heterocycles. The molecule has 0 fully saturated rings. The summed E-state index contributed by atoms with van der Waals surface area (Å²) in [6.07, 6.45) is 0.878. The van der Waals surface area contributed by atoms with E-state index in [1.165, 1.54) is 5.56 Å². The van der Waals surface area contributed by atoms with Gasteiger partial charge in [0.15, 0.2) is 0 Å². The van der Waals surface area contributed by atoms with E-state index < -0.39 is 0 Å². The van der Waals surface area contributed by atoms with Crippen molar-refractivity contribution in [3.8, 4) is 0 Å². The monoisotopic (exact) mass is 312 g/mol. The number of rotatable bonds is 5. The number of benzene rings is 1. The summed E-state index contributed by atoms with van der Waals surface area (Å²) in [6, 6.07) is 7.99. The van der Waals surface area contributed by atoms with Crippen molar-refractivity contribution in [2.24, 2.45) is 0 Å². The Morgan fingerprint density at radius 3 is 2.61 bits per heavy atom. The number of nitrogens with zero attached hydrogens (tertiary/aromatic N) is 2. The van der Waals surface area contributed by atoms with E-state index in [2.05, 4.69) is 38.8 Å². The molecule has 1 atom stereocenters. The molecule has 1 heterocycles. The van der Waals surface area contributed by atoms with Crippen molar-refractivity contribution in [3.63, 3.8) is 0 Å².